The van der Waals surface area contributed by atoms with Crippen LogP contribution in [0.4, 0.5) is 0 Å². The number of benzene rings is 1. The topological polar surface area (TPSA) is 42.6 Å². The van der Waals surface area contributed by atoms with E-state index in [9.17, 15) is 4.79 Å². The maximum atomic E-state index is 10.4. The van der Waals surface area contributed by atoms with Crippen molar-refractivity contribution in [2.24, 2.45) is 4.99 Å². The molecule has 1 aliphatic rings. The lowest BCUT2D eigenvalue weighted by Crippen LogP contribution is -2.01. The van der Waals surface area contributed by atoms with Crippen molar-refractivity contribution in [2.45, 2.75) is 25.3 Å². The summed E-state index contributed by atoms with van der Waals surface area (Å²) >= 11 is 0. The molecule has 1 fully saturated rings. The minimum absolute atomic E-state index is 0.292. The second-order valence-corrected chi connectivity index (χ2v) is 4.36. The van der Waals surface area contributed by atoms with Gasteiger partial charge in [-0.05, 0) is 43.0 Å². The zero-order chi connectivity index (χ0) is 11.2. The number of aliphatic imine (C=N–C) groups is 1. The molecule has 0 radical (unpaired) electrons. The first kappa shape index (κ1) is 9.37. The summed E-state index contributed by atoms with van der Waals surface area (Å²) in [5.41, 5.74) is 2.79. The van der Waals surface area contributed by atoms with Gasteiger partial charge >= 0.3 is 0 Å². The second-order valence-electron chi connectivity index (χ2n) is 4.36. The SMILES string of the molecule is Cc1coc2ccc(C3(N=C=O)CC3)cc12. The van der Waals surface area contributed by atoms with E-state index in [1.54, 1.807) is 12.3 Å². The molecule has 0 unspecified atom stereocenters. The number of furan rings is 1. The van der Waals surface area contributed by atoms with E-state index in [0.717, 1.165) is 34.9 Å². The Morgan fingerprint density at radius 2 is 2.25 bits per heavy atom. The number of rotatable bonds is 2. The normalized spacial score (nSPS) is 17.1. The lowest BCUT2D eigenvalue weighted by atomic mass is 10.0. The molecule has 1 aliphatic carbocycles. The van der Waals surface area contributed by atoms with Crippen molar-refractivity contribution in [3.8, 4) is 0 Å². The van der Waals surface area contributed by atoms with Gasteiger partial charge in [0, 0.05) is 5.39 Å². The highest BCUT2D eigenvalue weighted by Gasteiger charge is 2.44. The molecular formula is C13H11NO2. The molecule has 16 heavy (non-hydrogen) atoms. The van der Waals surface area contributed by atoms with Gasteiger partial charge in [-0.25, -0.2) is 4.79 Å². The van der Waals surface area contributed by atoms with Crippen LogP contribution in [0, 0.1) is 6.92 Å². The summed E-state index contributed by atoms with van der Waals surface area (Å²) in [6.07, 6.45) is 5.29. The summed E-state index contributed by atoms with van der Waals surface area (Å²) in [5, 5.41) is 1.10. The van der Waals surface area contributed by atoms with Crippen molar-refractivity contribution in [2.75, 3.05) is 0 Å². The van der Waals surface area contributed by atoms with E-state index in [4.69, 9.17) is 4.42 Å². The second kappa shape index (κ2) is 3.06. The van der Waals surface area contributed by atoms with Crippen molar-refractivity contribution in [1.29, 1.82) is 0 Å². The summed E-state index contributed by atoms with van der Waals surface area (Å²) in [5.74, 6) is 0. The van der Waals surface area contributed by atoms with Gasteiger partial charge in [-0.3, -0.25) is 0 Å². The van der Waals surface area contributed by atoms with Crippen LogP contribution in [0.3, 0.4) is 0 Å². The molecule has 1 heterocycles. The first-order valence-electron chi connectivity index (χ1n) is 5.32. The zero-order valence-electron chi connectivity index (χ0n) is 8.99. The number of carbonyl (C=O) groups excluding carboxylic acids is 1. The van der Waals surface area contributed by atoms with E-state index >= 15 is 0 Å². The Hall–Kier alpha value is -1.86. The molecule has 80 valence electrons. The molecule has 1 saturated carbocycles. The van der Waals surface area contributed by atoms with E-state index in [1.165, 1.54) is 0 Å². The van der Waals surface area contributed by atoms with Gasteiger partial charge in [-0.15, -0.1) is 0 Å². The van der Waals surface area contributed by atoms with Crippen LogP contribution >= 0.6 is 0 Å². The molecule has 1 aromatic carbocycles. The van der Waals surface area contributed by atoms with Crippen molar-refractivity contribution in [3.63, 3.8) is 0 Å². The summed E-state index contributed by atoms with van der Waals surface area (Å²) in [7, 11) is 0. The molecule has 1 aromatic heterocycles. The van der Waals surface area contributed by atoms with Crippen molar-refractivity contribution in [3.05, 3.63) is 35.6 Å². The Kier molecular flexibility index (Phi) is 1.79. The van der Waals surface area contributed by atoms with Crippen molar-refractivity contribution >= 4 is 17.0 Å². The van der Waals surface area contributed by atoms with Crippen LogP contribution in [0.15, 0.2) is 33.9 Å². The summed E-state index contributed by atoms with van der Waals surface area (Å²) in [4.78, 5) is 14.3. The Balaban J connectivity index is 2.18. The first-order valence-corrected chi connectivity index (χ1v) is 5.32. The lowest BCUT2D eigenvalue weighted by molar-refractivity contribution is 0.556. The van der Waals surface area contributed by atoms with Crippen LogP contribution in [0.5, 0.6) is 0 Å². The van der Waals surface area contributed by atoms with Gasteiger partial charge in [0.2, 0.25) is 6.08 Å². The molecule has 3 heteroatoms. The number of isocyanates is 1. The average Bonchev–Trinajstić information content (AvgIpc) is 2.99. The molecule has 0 bridgehead atoms. The fourth-order valence-corrected chi connectivity index (χ4v) is 2.12. The molecule has 3 rings (SSSR count). The standard InChI is InChI=1S/C13H11NO2/c1-9-7-16-12-3-2-10(6-11(9)12)13(4-5-13)14-8-15/h2-3,6-7H,4-5H2,1H3. The maximum absolute atomic E-state index is 10.4. The highest BCUT2D eigenvalue weighted by molar-refractivity contribution is 5.81. The van der Waals surface area contributed by atoms with Crippen LogP contribution in [0.2, 0.25) is 0 Å². The van der Waals surface area contributed by atoms with E-state index < -0.39 is 0 Å². The number of aryl methyl sites for hydroxylation is 1. The molecule has 0 aliphatic heterocycles. The predicted molar refractivity (Wildman–Crippen MR) is 60.0 cm³/mol. The number of nitrogens with zero attached hydrogens (tertiary/aromatic N) is 1. The molecule has 3 nitrogen and oxygen atoms in total. The van der Waals surface area contributed by atoms with E-state index in [1.807, 2.05) is 19.1 Å². The van der Waals surface area contributed by atoms with Crippen LogP contribution in [-0.2, 0) is 10.3 Å². The van der Waals surface area contributed by atoms with Gasteiger partial charge in [0.1, 0.15) is 5.58 Å². The Morgan fingerprint density at radius 1 is 1.44 bits per heavy atom. The summed E-state index contributed by atoms with van der Waals surface area (Å²) < 4.78 is 5.39. The van der Waals surface area contributed by atoms with Gasteiger partial charge in [0.05, 0.1) is 11.8 Å². The van der Waals surface area contributed by atoms with Gasteiger partial charge in [0.15, 0.2) is 0 Å². The molecule has 0 spiro atoms. The smallest absolute Gasteiger partial charge is 0.235 e. The fraction of sp³-hybridized carbons (Fsp3) is 0.308. The van der Waals surface area contributed by atoms with Gasteiger partial charge in [-0.1, -0.05) is 6.07 Å². The van der Waals surface area contributed by atoms with E-state index in [0.29, 0.717) is 0 Å². The first-order chi connectivity index (χ1) is 7.75. The molecule has 0 N–H and O–H groups in total. The number of fused-ring (bicyclic) bond motifs is 1. The third-order valence-corrected chi connectivity index (χ3v) is 3.29. The predicted octanol–water partition coefficient (Wildman–Crippen LogP) is 3.07. The quantitative estimate of drug-likeness (QED) is 0.568. The van der Waals surface area contributed by atoms with Crippen LogP contribution in [0.1, 0.15) is 24.0 Å². The van der Waals surface area contributed by atoms with E-state index in [-0.39, 0.29) is 5.54 Å². The zero-order valence-corrected chi connectivity index (χ0v) is 8.99. The van der Waals surface area contributed by atoms with Crippen molar-refractivity contribution < 1.29 is 9.21 Å². The lowest BCUT2D eigenvalue weighted by Gasteiger charge is -2.07. The Morgan fingerprint density at radius 3 is 2.94 bits per heavy atom. The van der Waals surface area contributed by atoms with Gasteiger partial charge < -0.3 is 4.42 Å². The number of hydrogen-bond acceptors (Lipinski definition) is 3. The monoisotopic (exact) mass is 213 g/mol. The maximum Gasteiger partial charge on any atom is 0.235 e. The third-order valence-electron chi connectivity index (χ3n) is 3.29. The highest BCUT2D eigenvalue weighted by atomic mass is 16.3. The van der Waals surface area contributed by atoms with Crippen LogP contribution in [-0.4, -0.2) is 6.08 Å². The Bertz CT molecular complexity index is 601. The fourth-order valence-electron chi connectivity index (χ4n) is 2.12. The highest BCUT2D eigenvalue weighted by Crippen LogP contribution is 2.49. The summed E-state index contributed by atoms with van der Waals surface area (Å²) in [6.45, 7) is 2.01. The average molecular weight is 213 g/mol. The third kappa shape index (κ3) is 1.22. The molecular weight excluding hydrogens is 202 g/mol. The van der Waals surface area contributed by atoms with Gasteiger partial charge in [-0.2, -0.15) is 4.99 Å². The minimum atomic E-state index is -0.292. The number of hydrogen-bond donors (Lipinski definition) is 0. The summed E-state index contributed by atoms with van der Waals surface area (Å²) in [6, 6.07) is 6.00. The van der Waals surface area contributed by atoms with Crippen LogP contribution in [0.25, 0.3) is 11.0 Å². The van der Waals surface area contributed by atoms with E-state index in [2.05, 4.69) is 11.1 Å². The Labute approximate surface area is 92.8 Å². The van der Waals surface area contributed by atoms with Gasteiger partial charge in [0.25, 0.3) is 0 Å². The van der Waals surface area contributed by atoms with Crippen LogP contribution < -0.4 is 0 Å². The molecule has 0 atom stereocenters. The van der Waals surface area contributed by atoms with Crippen molar-refractivity contribution in [1.82, 2.24) is 0 Å². The minimum Gasteiger partial charge on any atom is -0.464 e. The molecule has 0 saturated heterocycles. The molecule has 2 aromatic rings. The largest absolute Gasteiger partial charge is 0.464 e. The molecule has 0 amide bonds.